The van der Waals surface area contributed by atoms with E-state index in [1.807, 2.05) is 0 Å². The lowest BCUT2D eigenvalue weighted by Crippen LogP contribution is -2.34. The molecule has 8 heteroatoms. The average molecular weight is 381 g/mol. The van der Waals surface area contributed by atoms with Crippen LogP contribution in [0.2, 0.25) is 0 Å². The summed E-state index contributed by atoms with van der Waals surface area (Å²) in [7, 11) is -3.58. The molecular formula is C18H27N3O4S. The van der Waals surface area contributed by atoms with Crippen LogP contribution in [-0.4, -0.2) is 62.6 Å². The van der Waals surface area contributed by atoms with Gasteiger partial charge in [0.05, 0.1) is 11.0 Å². The molecule has 144 valence electrons. The van der Waals surface area contributed by atoms with Crippen LogP contribution in [0.25, 0.3) is 0 Å². The highest BCUT2D eigenvalue weighted by Gasteiger charge is 2.27. The highest BCUT2D eigenvalue weighted by molar-refractivity contribution is 7.89. The van der Waals surface area contributed by atoms with Gasteiger partial charge in [0.1, 0.15) is 0 Å². The number of benzene rings is 1. The van der Waals surface area contributed by atoms with E-state index < -0.39 is 16.1 Å². The quantitative estimate of drug-likeness (QED) is 0.692. The van der Waals surface area contributed by atoms with Crippen LogP contribution >= 0.6 is 0 Å². The molecule has 0 aromatic heterocycles. The first-order valence-electron chi connectivity index (χ1n) is 9.25. The van der Waals surface area contributed by atoms with E-state index in [4.69, 9.17) is 0 Å². The molecule has 1 amide bonds. The van der Waals surface area contributed by atoms with E-state index in [9.17, 15) is 18.3 Å². The molecule has 0 aliphatic carbocycles. The normalized spacial score (nSPS) is 25.0. The number of β-amino-alcohol motifs (C(OH)–C–C–N with tert-alkyl or cyclic N) is 1. The molecule has 2 saturated heterocycles. The number of nitrogens with one attached hydrogen (secondary N) is 2. The van der Waals surface area contributed by atoms with Gasteiger partial charge in [0, 0.05) is 44.2 Å². The second-order valence-corrected chi connectivity index (χ2v) is 8.98. The first kappa shape index (κ1) is 19.3. The summed E-state index contributed by atoms with van der Waals surface area (Å²) in [6.45, 7) is 2.61. The van der Waals surface area contributed by atoms with Crippen LogP contribution in [-0.2, 0) is 10.0 Å². The Kier molecular flexibility index (Phi) is 6.29. The summed E-state index contributed by atoms with van der Waals surface area (Å²) in [5.74, 6) is -0.347. The molecule has 2 atom stereocenters. The van der Waals surface area contributed by atoms with Crippen LogP contribution < -0.4 is 10.6 Å². The molecule has 0 spiro atoms. The van der Waals surface area contributed by atoms with Crippen molar-refractivity contribution < 1.29 is 18.3 Å². The third-order valence-corrected chi connectivity index (χ3v) is 7.02. The number of aliphatic hydroxyl groups is 1. The lowest BCUT2D eigenvalue weighted by Gasteiger charge is -2.20. The predicted molar refractivity (Wildman–Crippen MR) is 98.4 cm³/mol. The molecule has 7 nitrogen and oxygen atoms in total. The summed E-state index contributed by atoms with van der Waals surface area (Å²) in [5, 5.41) is 15.7. The first-order chi connectivity index (χ1) is 12.5. The maximum atomic E-state index is 12.9. The van der Waals surface area contributed by atoms with Crippen LogP contribution in [0.15, 0.2) is 29.2 Å². The molecule has 0 saturated carbocycles. The second kappa shape index (κ2) is 8.47. The van der Waals surface area contributed by atoms with E-state index in [1.165, 1.54) is 10.4 Å². The average Bonchev–Trinajstić information content (AvgIpc) is 2.88. The van der Waals surface area contributed by atoms with E-state index in [1.54, 1.807) is 18.2 Å². The Morgan fingerprint density at radius 1 is 1.19 bits per heavy atom. The molecule has 0 radical (unpaired) electrons. The van der Waals surface area contributed by atoms with Gasteiger partial charge < -0.3 is 15.7 Å². The highest BCUT2D eigenvalue weighted by atomic mass is 32.2. The molecule has 3 rings (SSSR count). The van der Waals surface area contributed by atoms with Gasteiger partial charge >= 0.3 is 0 Å². The topological polar surface area (TPSA) is 98.7 Å². The van der Waals surface area contributed by atoms with Crippen molar-refractivity contribution >= 4 is 15.9 Å². The number of nitrogens with zero attached hydrogens (tertiary/aromatic N) is 1. The molecule has 2 fully saturated rings. The number of amides is 1. The van der Waals surface area contributed by atoms with E-state index in [-0.39, 0.29) is 16.7 Å². The molecule has 26 heavy (non-hydrogen) atoms. The third kappa shape index (κ3) is 4.43. The van der Waals surface area contributed by atoms with Crippen LogP contribution in [0.5, 0.6) is 0 Å². The van der Waals surface area contributed by atoms with Gasteiger partial charge in [0.15, 0.2) is 0 Å². The van der Waals surface area contributed by atoms with Gasteiger partial charge in [-0.25, -0.2) is 8.42 Å². The summed E-state index contributed by atoms with van der Waals surface area (Å²) >= 11 is 0. The zero-order chi connectivity index (χ0) is 18.6. The predicted octanol–water partition coefficient (Wildman–Crippen LogP) is 0.561. The summed E-state index contributed by atoms with van der Waals surface area (Å²) < 4.78 is 27.3. The van der Waals surface area contributed by atoms with Crippen molar-refractivity contribution in [3.05, 3.63) is 29.8 Å². The molecule has 0 bridgehead atoms. The SMILES string of the molecule is O=C(NCC1CNCC1O)c1cccc(S(=O)(=O)N2CCCCCC2)c1. The van der Waals surface area contributed by atoms with Crippen LogP contribution in [0, 0.1) is 5.92 Å². The molecule has 1 aromatic carbocycles. The highest BCUT2D eigenvalue weighted by Crippen LogP contribution is 2.21. The zero-order valence-corrected chi connectivity index (χ0v) is 15.7. The van der Waals surface area contributed by atoms with Crippen molar-refractivity contribution in [1.82, 2.24) is 14.9 Å². The number of carbonyl (C=O) groups is 1. The lowest BCUT2D eigenvalue weighted by molar-refractivity contribution is 0.0927. The van der Waals surface area contributed by atoms with E-state index in [2.05, 4.69) is 10.6 Å². The van der Waals surface area contributed by atoms with Gasteiger partial charge in [-0.2, -0.15) is 4.31 Å². The molecule has 2 aliphatic rings. The molecular weight excluding hydrogens is 354 g/mol. The van der Waals surface area contributed by atoms with Crippen molar-refractivity contribution in [3.8, 4) is 0 Å². The molecule has 2 unspecified atom stereocenters. The van der Waals surface area contributed by atoms with Gasteiger partial charge in [-0.15, -0.1) is 0 Å². The monoisotopic (exact) mass is 381 g/mol. The van der Waals surface area contributed by atoms with Crippen molar-refractivity contribution in [1.29, 1.82) is 0 Å². The number of sulfonamides is 1. The number of hydrogen-bond donors (Lipinski definition) is 3. The summed E-state index contributed by atoms with van der Waals surface area (Å²) in [5.41, 5.74) is 0.321. The maximum absolute atomic E-state index is 12.9. The lowest BCUT2D eigenvalue weighted by atomic mass is 10.1. The van der Waals surface area contributed by atoms with Gasteiger partial charge in [0.25, 0.3) is 5.91 Å². The summed E-state index contributed by atoms with van der Waals surface area (Å²) in [6, 6.07) is 6.20. The summed E-state index contributed by atoms with van der Waals surface area (Å²) in [4.78, 5) is 12.6. The van der Waals surface area contributed by atoms with Gasteiger partial charge in [-0.1, -0.05) is 18.9 Å². The third-order valence-electron chi connectivity index (χ3n) is 5.13. The first-order valence-corrected chi connectivity index (χ1v) is 10.7. The number of rotatable bonds is 5. The minimum atomic E-state index is -3.58. The van der Waals surface area contributed by atoms with E-state index in [0.29, 0.717) is 38.3 Å². The molecule has 3 N–H and O–H groups in total. The van der Waals surface area contributed by atoms with Crippen LogP contribution in [0.1, 0.15) is 36.0 Å². The Balaban J connectivity index is 1.69. The maximum Gasteiger partial charge on any atom is 0.251 e. The largest absolute Gasteiger partial charge is 0.391 e. The molecule has 1 aromatic rings. The van der Waals surface area contributed by atoms with Gasteiger partial charge in [-0.3, -0.25) is 4.79 Å². The minimum absolute atomic E-state index is 0.0250. The Hall–Kier alpha value is -1.48. The van der Waals surface area contributed by atoms with Crippen molar-refractivity contribution in [2.45, 2.75) is 36.7 Å². The van der Waals surface area contributed by atoms with E-state index >= 15 is 0 Å². The van der Waals surface area contributed by atoms with Crippen molar-refractivity contribution in [2.75, 3.05) is 32.7 Å². The Morgan fingerprint density at radius 2 is 1.92 bits per heavy atom. The van der Waals surface area contributed by atoms with Crippen molar-refractivity contribution in [3.63, 3.8) is 0 Å². The standard InChI is InChI=1S/C18H27N3O4S/c22-17-13-19-11-15(17)12-20-18(23)14-6-5-7-16(10-14)26(24,25)21-8-3-1-2-4-9-21/h5-7,10,15,17,19,22H,1-4,8-9,11-13H2,(H,20,23). The fourth-order valence-electron chi connectivity index (χ4n) is 3.48. The Morgan fingerprint density at radius 3 is 2.58 bits per heavy atom. The Bertz CT molecular complexity index is 730. The summed E-state index contributed by atoms with van der Waals surface area (Å²) in [6.07, 6.45) is 3.38. The van der Waals surface area contributed by atoms with E-state index in [0.717, 1.165) is 25.7 Å². The Labute approximate surface area is 154 Å². The van der Waals surface area contributed by atoms with Gasteiger partial charge in [0.2, 0.25) is 10.0 Å². The molecule has 2 aliphatic heterocycles. The number of aliphatic hydroxyl groups excluding tert-OH is 1. The molecule has 2 heterocycles. The minimum Gasteiger partial charge on any atom is -0.391 e. The fourth-order valence-corrected chi connectivity index (χ4v) is 5.05. The second-order valence-electron chi connectivity index (χ2n) is 7.04. The van der Waals surface area contributed by atoms with Crippen LogP contribution in [0.3, 0.4) is 0 Å². The van der Waals surface area contributed by atoms with Crippen molar-refractivity contribution in [2.24, 2.45) is 5.92 Å². The number of carbonyl (C=O) groups excluding carboxylic acids is 1. The van der Waals surface area contributed by atoms with Crippen LogP contribution in [0.4, 0.5) is 0 Å². The van der Waals surface area contributed by atoms with Gasteiger partial charge in [-0.05, 0) is 31.0 Å². The number of hydrogen-bond acceptors (Lipinski definition) is 5. The smallest absolute Gasteiger partial charge is 0.251 e. The zero-order valence-electron chi connectivity index (χ0n) is 14.9. The fraction of sp³-hybridized carbons (Fsp3) is 0.611.